The lowest BCUT2D eigenvalue weighted by molar-refractivity contribution is -0.00291. The number of phenols is 1. The fourth-order valence-electron chi connectivity index (χ4n) is 2.86. The zero-order chi connectivity index (χ0) is 16.0. The van der Waals surface area contributed by atoms with Crippen LogP contribution in [0.1, 0.15) is 58.2 Å². The number of benzene rings is 1. The molecular formula is C18H29NO2. The van der Waals surface area contributed by atoms with Crippen molar-refractivity contribution in [2.75, 3.05) is 13.1 Å². The molecule has 3 heteroatoms. The number of hydrogen-bond donors (Lipinski definition) is 2. The van der Waals surface area contributed by atoms with E-state index in [1.54, 1.807) is 0 Å². The smallest absolute Gasteiger partial charge is 0.123 e. The third-order valence-electron chi connectivity index (χ3n) is 4.13. The molecule has 0 unspecified atom stereocenters. The van der Waals surface area contributed by atoms with E-state index in [2.05, 4.69) is 58.6 Å². The molecule has 0 aliphatic carbocycles. The van der Waals surface area contributed by atoms with Gasteiger partial charge in [0.05, 0.1) is 6.10 Å². The molecule has 0 bridgehead atoms. The monoisotopic (exact) mass is 291 g/mol. The molecule has 0 spiro atoms. The minimum atomic E-state index is -0.175. The van der Waals surface area contributed by atoms with Crippen LogP contribution in [-0.4, -0.2) is 34.3 Å². The van der Waals surface area contributed by atoms with Gasteiger partial charge in [-0.25, -0.2) is 0 Å². The Morgan fingerprint density at radius 2 is 1.43 bits per heavy atom. The highest BCUT2D eigenvalue weighted by Crippen LogP contribution is 2.40. The van der Waals surface area contributed by atoms with Gasteiger partial charge in [-0.05, 0) is 27.5 Å². The largest absolute Gasteiger partial charge is 0.507 e. The molecule has 0 amide bonds. The number of nitrogens with zero attached hydrogens (tertiary/aromatic N) is 1. The van der Waals surface area contributed by atoms with E-state index in [0.717, 1.165) is 30.8 Å². The van der Waals surface area contributed by atoms with Crippen molar-refractivity contribution in [3.05, 3.63) is 28.8 Å². The van der Waals surface area contributed by atoms with E-state index >= 15 is 0 Å². The van der Waals surface area contributed by atoms with E-state index in [4.69, 9.17) is 0 Å². The van der Waals surface area contributed by atoms with E-state index < -0.39 is 0 Å². The van der Waals surface area contributed by atoms with Crippen molar-refractivity contribution in [3.8, 4) is 5.75 Å². The van der Waals surface area contributed by atoms with Crippen LogP contribution >= 0.6 is 0 Å². The molecule has 1 aliphatic heterocycles. The summed E-state index contributed by atoms with van der Waals surface area (Å²) in [6.07, 6.45) is -0.175. The van der Waals surface area contributed by atoms with Crippen molar-refractivity contribution >= 4 is 0 Å². The number of aliphatic hydroxyl groups is 1. The van der Waals surface area contributed by atoms with Gasteiger partial charge in [0.15, 0.2) is 0 Å². The summed E-state index contributed by atoms with van der Waals surface area (Å²) in [7, 11) is 0. The SMILES string of the molecule is CC(C)(C)c1cc(CN2CC(O)C2)cc(C(C)(C)C)c1O. The summed E-state index contributed by atoms with van der Waals surface area (Å²) in [5.74, 6) is 0.433. The number of likely N-dealkylation sites (tertiary alicyclic amines) is 1. The van der Waals surface area contributed by atoms with Crippen molar-refractivity contribution in [2.45, 2.75) is 65.0 Å². The standard InChI is InChI=1S/C18H29NO2/c1-17(2,3)14-7-12(9-19-10-13(20)11-19)8-15(16(14)21)18(4,5)6/h7-8,13,20-21H,9-11H2,1-6H3. The number of hydrogen-bond acceptors (Lipinski definition) is 3. The number of β-amino-alcohol motifs (C(OH)–C–C–N with tert-alkyl or cyclic N) is 1. The van der Waals surface area contributed by atoms with E-state index in [0.29, 0.717) is 5.75 Å². The van der Waals surface area contributed by atoms with Crippen molar-refractivity contribution in [3.63, 3.8) is 0 Å². The molecule has 118 valence electrons. The lowest BCUT2D eigenvalue weighted by atomic mass is 9.78. The maximum Gasteiger partial charge on any atom is 0.123 e. The van der Waals surface area contributed by atoms with Crippen molar-refractivity contribution in [1.82, 2.24) is 4.90 Å². The first kappa shape index (κ1) is 16.3. The van der Waals surface area contributed by atoms with Gasteiger partial charge in [0.2, 0.25) is 0 Å². The fraction of sp³-hybridized carbons (Fsp3) is 0.667. The first-order chi connectivity index (χ1) is 9.48. The molecule has 3 nitrogen and oxygen atoms in total. The molecule has 0 aromatic heterocycles. The number of aromatic hydroxyl groups is 1. The molecule has 1 aliphatic rings. The Bertz CT molecular complexity index is 482. The summed E-state index contributed by atoms with van der Waals surface area (Å²) < 4.78 is 0. The Morgan fingerprint density at radius 1 is 1.00 bits per heavy atom. The Morgan fingerprint density at radius 3 is 1.76 bits per heavy atom. The van der Waals surface area contributed by atoms with Crippen LogP contribution < -0.4 is 0 Å². The average molecular weight is 291 g/mol. The topological polar surface area (TPSA) is 43.7 Å². The fourth-order valence-corrected chi connectivity index (χ4v) is 2.86. The second kappa shape index (κ2) is 5.29. The summed E-state index contributed by atoms with van der Waals surface area (Å²) >= 11 is 0. The molecule has 21 heavy (non-hydrogen) atoms. The molecule has 1 fully saturated rings. The second-order valence-electron chi connectivity index (χ2n) is 8.39. The van der Waals surface area contributed by atoms with Gasteiger partial charge in [-0.3, -0.25) is 4.90 Å². The maximum atomic E-state index is 10.7. The zero-order valence-corrected chi connectivity index (χ0v) is 14.2. The molecule has 2 N–H and O–H groups in total. The van der Waals surface area contributed by atoms with E-state index in [1.165, 1.54) is 5.56 Å². The minimum Gasteiger partial charge on any atom is -0.507 e. The zero-order valence-electron chi connectivity index (χ0n) is 14.2. The van der Waals surface area contributed by atoms with Crippen LogP contribution in [0.4, 0.5) is 0 Å². The molecular weight excluding hydrogens is 262 g/mol. The molecule has 1 saturated heterocycles. The van der Waals surface area contributed by atoms with E-state index in [9.17, 15) is 10.2 Å². The third-order valence-corrected chi connectivity index (χ3v) is 4.13. The minimum absolute atomic E-state index is 0.0887. The second-order valence-corrected chi connectivity index (χ2v) is 8.39. The van der Waals surface area contributed by atoms with E-state index in [-0.39, 0.29) is 16.9 Å². The number of rotatable bonds is 2. The Kier molecular flexibility index (Phi) is 4.11. The normalized spacial score (nSPS) is 17.9. The Balaban J connectivity index is 2.41. The van der Waals surface area contributed by atoms with Crippen LogP contribution in [0.25, 0.3) is 0 Å². The quantitative estimate of drug-likeness (QED) is 0.879. The van der Waals surface area contributed by atoms with Crippen molar-refractivity contribution in [1.29, 1.82) is 0 Å². The van der Waals surface area contributed by atoms with Gasteiger partial charge in [0.1, 0.15) is 5.75 Å². The first-order valence-electron chi connectivity index (χ1n) is 7.76. The van der Waals surface area contributed by atoms with Gasteiger partial charge >= 0.3 is 0 Å². The van der Waals surface area contributed by atoms with Crippen LogP contribution in [0.2, 0.25) is 0 Å². The van der Waals surface area contributed by atoms with Gasteiger partial charge in [0, 0.05) is 19.6 Å². The number of phenolic OH excluding ortho intramolecular Hbond substituents is 1. The molecule has 0 radical (unpaired) electrons. The van der Waals surface area contributed by atoms with Gasteiger partial charge in [-0.2, -0.15) is 0 Å². The highest BCUT2D eigenvalue weighted by molar-refractivity contribution is 5.49. The predicted octanol–water partition coefficient (Wildman–Crippen LogP) is 3.16. The number of aliphatic hydroxyl groups excluding tert-OH is 1. The molecule has 1 heterocycles. The van der Waals surface area contributed by atoms with Crippen molar-refractivity contribution in [2.24, 2.45) is 0 Å². The lowest BCUT2D eigenvalue weighted by Crippen LogP contribution is -2.49. The van der Waals surface area contributed by atoms with Gasteiger partial charge in [-0.1, -0.05) is 53.7 Å². The lowest BCUT2D eigenvalue weighted by Gasteiger charge is -2.36. The van der Waals surface area contributed by atoms with Gasteiger partial charge in [0.25, 0.3) is 0 Å². The van der Waals surface area contributed by atoms with Crippen LogP contribution in [0.15, 0.2) is 12.1 Å². The summed E-state index contributed by atoms with van der Waals surface area (Å²) in [6, 6.07) is 4.24. The van der Waals surface area contributed by atoms with Gasteiger partial charge < -0.3 is 10.2 Å². The first-order valence-corrected chi connectivity index (χ1v) is 7.76. The van der Waals surface area contributed by atoms with Crippen LogP contribution in [-0.2, 0) is 17.4 Å². The predicted molar refractivity (Wildman–Crippen MR) is 86.8 cm³/mol. The average Bonchev–Trinajstić information content (AvgIpc) is 2.26. The highest BCUT2D eigenvalue weighted by atomic mass is 16.3. The van der Waals surface area contributed by atoms with Crippen LogP contribution in [0.5, 0.6) is 5.75 Å². The van der Waals surface area contributed by atoms with Crippen LogP contribution in [0.3, 0.4) is 0 Å². The van der Waals surface area contributed by atoms with Crippen LogP contribution in [0, 0.1) is 0 Å². The molecule has 2 rings (SSSR count). The summed E-state index contributed by atoms with van der Waals surface area (Å²) in [5, 5.41) is 20.1. The highest BCUT2D eigenvalue weighted by Gasteiger charge is 2.28. The molecule has 1 aromatic rings. The molecule has 0 atom stereocenters. The maximum absolute atomic E-state index is 10.7. The van der Waals surface area contributed by atoms with E-state index in [1.807, 2.05) is 0 Å². The summed E-state index contributed by atoms with van der Waals surface area (Å²) in [4.78, 5) is 2.23. The summed E-state index contributed by atoms with van der Waals surface area (Å²) in [6.45, 7) is 15.1. The summed E-state index contributed by atoms with van der Waals surface area (Å²) in [5.41, 5.74) is 3.05. The molecule has 0 saturated carbocycles. The third kappa shape index (κ3) is 3.58. The van der Waals surface area contributed by atoms with Crippen molar-refractivity contribution < 1.29 is 10.2 Å². The Hall–Kier alpha value is -1.06. The van der Waals surface area contributed by atoms with Gasteiger partial charge in [-0.15, -0.1) is 0 Å². The molecule has 1 aromatic carbocycles. The Labute approximate surface area is 128 Å².